The minimum atomic E-state index is -4.40. The second-order valence-corrected chi connectivity index (χ2v) is 10.3. The highest BCUT2D eigenvalue weighted by Crippen LogP contribution is 2.30. The fourth-order valence-corrected chi connectivity index (χ4v) is 4.13. The van der Waals surface area contributed by atoms with Crippen molar-refractivity contribution < 1.29 is 27.8 Å². The number of nitrogens with zero attached hydrogens (tertiary/aromatic N) is 2. The van der Waals surface area contributed by atoms with Crippen molar-refractivity contribution in [2.24, 2.45) is 0 Å². The molecule has 9 heteroatoms. The Morgan fingerprint density at radius 3 is 2.02 bits per heavy atom. The summed E-state index contributed by atoms with van der Waals surface area (Å²) in [6.07, 6.45) is -2.02. The molecule has 1 N–H and O–H groups in total. The summed E-state index contributed by atoms with van der Waals surface area (Å²) in [7, 11) is 0. The maximum Gasteiger partial charge on any atom is 0.416 e. The van der Waals surface area contributed by atoms with Gasteiger partial charge >= 0.3 is 12.1 Å². The van der Waals surface area contributed by atoms with Gasteiger partial charge in [0.25, 0.3) is 0 Å². The average molecular weight is 569 g/mol. The molecular weight excluding hydrogens is 541 g/mol. The van der Waals surface area contributed by atoms with E-state index < -0.39 is 23.3 Å². The van der Waals surface area contributed by atoms with Crippen molar-refractivity contribution in [3.05, 3.63) is 113 Å². The Hall–Kier alpha value is -4.04. The van der Waals surface area contributed by atoms with E-state index in [4.69, 9.17) is 16.3 Å². The second-order valence-electron chi connectivity index (χ2n) is 9.84. The van der Waals surface area contributed by atoms with E-state index in [0.717, 1.165) is 34.4 Å². The van der Waals surface area contributed by atoms with Crippen LogP contribution in [0.15, 0.2) is 91.1 Å². The summed E-state index contributed by atoms with van der Waals surface area (Å²) < 4.78 is 44.7. The Labute approximate surface area is 235 Å². The van der Waals surface area contributed by atoms with E-state index in [1.807, 2.05) is 41.3 Å². The molecule has 0 radical (unpaired) electrons. The van der Waals surface area contributed by atoms with Gasteiger partial charge in [-0.1, -0.05) is 48.0 Å². The molecule has 40 heavy (non-hydrogen) atoms. The molecule has 0 amide bonds. The SMILES string of the molecule is CC(C)(Oc1ccc(CCN(Cc2ccc(C(F)(F)F)cc2)c2ccc(-c3ccc(Cl)cc3)cn2)cc1)C(=O)O. The molecule has 208 valence electrons. The zero-order chi connectivity index (χ0) is 28.9. The fourth-order valence-electron chi connectivity index (χ4n) is 4.01. The Balaban J connectivity index is 1.52. The number of hydrogen-bond acceptors (Lipinski definition) is 4. The Morgan fingerprint density at radius 2 is 1.48 bits per heavy atom. The van der Waals surface area contributed by atoms with E-state index in [-0.39, 0.29) is 0 Å². The Morgan fingerprint density at radius 1 is 0.875 bits per heavy atom. The van der Waals surface area contributed by atoms with Crippen LogP contribution in [0.2, 0.25) is 5.02 Å². The first-order chi connectivity index (χ1) is 18.9. The van der Waals surface area contributed by atoms with Gasteiger partial charge < -0.3 is 14.7 Å². The number of ether oxygens (including phenoxy) is 1. The highest BCUT2D eigenvalue weighted by molar-refractivity contribution is 6.30. The van der Waals surface area contributed by atoms with E-state index in [1.54, 1.807) is 30.5 Å². The summed E-state index contributed by atoms with van der Waals surface area (Å²) in [6.45, 7) is 3.86. The van der Waals surface area contributed by atoms with Crippen LogP contribution in [0.4, 0.5) is 19.0 Å². The number of carboxylic acid groups (broad SMARTS) is 1. The van der Waals surface area contributed by atoms with Crippen molar-refractivity contribution >= 4 is 23.4 Å². The van der Waals surface area contributed by atoms with Crippen molar-refractivity contribution in [2.75, 3.05) is 11.4 Å². The topological polar surface area (TPSA) is 62.7 Å². The predicted octanol–water partition coefficient (Wildman–Crippen LogP) is 7.91. The molecule has 0 aliphatic carbocycles. The number of rotatable bonds is 10. The fraction of sp³-hybridized carbons (Fsp3) is 0.226. The smallest absolute Gasteiger partial charge is 0.416 e. The van der Waals surface area contributed by atoms with Crippen LogP contribution in [0.25, 0.3) is 11.1 Å². The van der Waals surface area contributed by atoms with Crippen molar-refractivity contribution in [3.8, 4) is 16.9 Å². The zero-order valence-electron chi connectivity index (χ0n) is 22.0. The molecule has 1 aromatic heterocycles. The van der Waals surface area contributed by atoms with E-state index in [0.29, 0.717) is 36.1 Å². The van der Waals surface area contributed by atoms with Gasteiger partial charge in [0.15, 0.2) is 5.60 Å². The summed E-state index contributed by atoms with van der Waals surface area (Å²) in [4.78, 5) is 18.0. The van der Waals surface area contributed by atoms with Gasteiger partial charge in [0.05, 0.1) is 5.56 Å². The number of halogens is 4. The number of alkyl halides is 3. The highest BCUT2D eigenvalue weighted by Gasteiger charge is 2.30. The largest absolute Gasteiger partial charge is 0.478 e. The molecule has 0 saturated heterocycles. The van der Waals surface area contributed by atoms with Crippen LogP contribution in [-0.2, 0) is 23.9 Å². The number of carboxylic acids is 1. The van der Waals surface area contributed by atoms with E-state index in [9.17, 15) is 23.1 Å². The van der Waals surface area contributed by atoms with Gasteiger partial charge in [-0.2, -0.15) is 13.2 Å². The molecule has 0 aliphatic rings. The van der Waals surface area contributed by atoms with Crippen molar-refractivity contribution in [1.82, 2.24) is 4.98 Å². The van der Waals surface area contributed by atoms with Crippen molar-refractivity contribution in [3.63, 3.8) is 0 Å². The summed E-state index contributed by atoms with van der Waals surface area (Å²) in [5, 5.41) is 9.92. The number of hydrogen-bond donors (Lipinski definition) is 1. The third-order valence-corrected chi connectivity index (χ3v) is 6.64. The molecule has 0 spiro atoms. The van der Waals surface area contributed by atoms with E-state index in [1.165, 1.54) is 26.0 Å². The van der Waals surface area contributed by atoms with E-state index >= 15 is 0 Å². The van der Waals surface area contributed by atoms with Gasteiger partial charge in [-0.05, 0) is 85.5 Å². The molecule has 0 unspecified atom stereocenters. The van der Waals surface area contributed by atoms with Gasteiger partial charge in [-0.25, -0.2) is 9.78 Å². The molecule has 3 aromatic carbocycles. The highest BCUT2D eigenvalue weighted by atomic mass is 35.5. The number of carbonyl (C=O) groups is 1. The van der Waals surface area contributed by atoms with Gasteiger partial charge in [-0.15, -0.1) is 0 Å². The first-order valence-corrected chi connectivity index (χ1v) is 12.9. The molecule has 5 nitrogen and oxygen atoms in total. The number of benzene rings is 3. The normalized spacial score (nSPS) is 11.8. The van der Waals surface area contributed by atoms with Crippen LogP contribution in [-0.4, -0.2) is 28.2 Å². The Bertz CT molecular complexity index is 1420. The standard InChI is InChI=1S/C31H28ClF3N2O3/c1-30(2,29(38)39)40-27-14-5-21(6-15-27)17-18-37(20-22-3-10-25(11-4-22)31(33,34)35)28-16-9-24(19-36-28)23-7-12-26(32)13-8-23/h3-16,19H,17-18,20H2,1-2H3,(H,38,39). The van der Waals surface area contributed by atoms with Gasteiger partial charge in [0.2, 0.25) is 0 Å². The van der Waals surface area contributed by atoms with Crippen LogP contribution in [0.3, 0.4) is 0 Å². The molecule has 0 aliphatic heterocycles. The first-order valence-electron chi connectivity index (χ1n) is 12.6. The van der Waals surface area contributed by atoms with Crippen LogP contribution in [0, 0.1) is 0 Å². The average Bonchev–Trinajstić information content (AvgIpc) is 2.92. The monoisotopic (exact) mass is 568 g/mol. The lowest BCUT2D eigenvalue weighted by atomic mass is 10.1. The summed E-state index contributed by atoms with van der Waals surface area (Å²) >= 11 is 6.00. The van der Waals surface area contributed by atoms with Gasteiger partial charge in [-0.3, -0.25) is 0 Å². The van der Waals surface area contributed by atoms with Gasteiger partial charge in [0, 0.05) is 29.9 Å². The van der Waals surface area contributed by atoms with Crippen LogP contribution < -0.4 is 9.64 Å². The number of aliphatic carboxylic acids is 1. The maximum atomic E-state index is 13.0. The summed E-state index contributed by atoms with van der Waals surface area (Å²) in [6, 6.07) is 23.6. The zero-order valence-corrected chi connectivity index (χ0v) is 22.7. The lowest BCUT2D eigenvalue weighted by Gasteiger charge is -2.25. The quantitative estimate of drug-likeness (QED) is 0.211. The molecule has 0 saturated carbocycles. The summed E-state index contributed by atoms with van der Waals surface area (Å²) in [5.74, 6) is 0.0584. The molecule has 1 heterocycles. The van der Waals surface area contributed by atoms with Crippen LogP contribution >= 0.6 is 11.6 Å². The molecule has 0 bridgehead atoms. The van der Waals surface area contributed by atoms with Crippen molar-refractivity contribution in [2.45, 2.75) is 38.6 Å². The number of aromatic nitrogens is 1. The van der Waals surface area contributed by atoms with Gasteiger partial charge in [0.1, 0.15) is 11.6 Å². The lowest BCUT2D eigenvalue weighted by molar-refractivity contribution is -0.152. The molecular formula is C31H28ClF3N2O3. The second kappa shape index (κ2) is 12.0. The van der Waals surface area contributed by atoms with E-state index in [2.05, 4.69) is 4.98 Å². The minimum Gasteiger partial charge on any atom is -0.478 e. The predicted molar refractivity (Wildman–Crippen MR) is 150 cm³/mol. The molecule has 4 aromatic rings. The summed E-state index contributed by atoms with van der Waals surface area (Å²) in [5.41, 5.74) is 1.53. The first kappa shape index (κ1) is 29.0. The van der Waals surface area contributed by atoms with Crippen LogP contribution in [0.5, 0.6) is 5.75 Å². The van der Waals surface area contributed by atoms with Crippen molar-refractivity contribution in [1.29, 1.82) is 0 Å². The lowest BCUT2D eigenvalue weighted by Crippen LogP contribution is -2.37. The minimum absolute atomic E-state index is 0.361. The molecule has 0 fully saturated rings. The molecule has 4 rings (SSSR count). The number of pyridine rings is 1. The van der Waals surface area contributed by atoms with Crippen LogP contribution in [0.1, 0.15) is 30.5 Å². The third-order valence-electron chi connectivity index (χ3n) is 6.39. The number of anilines is 1. The Kier molecular flexibility index (Phi) is 8.69. The maximum absolute atomic E-state index is 13.0. The molecule has 0 atom stereocenters. The third kappa shape index (κ3) is 7.54.